The van der Waals surface area contributed by atoms with Gasteiger partial charge in [-0.15, -0.1) is 11.3 Å². The Morgan fingerprint density at radius 3 is 2.90 bits per heavy atom. The van der Waals surface area contributed by atoms with Crippen molar-refractivity contribution < 1.29 is 4.52 Å². The number of rotatable bonds is 2. The second-order valence-electron chi connectivity index (χ2n) is 4.84. The Balaban J connectivity index is 2.06. The van der Waals surface area contributed by atoms with Crippen molar-refractivity contribution in [3.8, 4) is 0 Å². The highest BCUT2D eigenvalue weighted by atomic mass is 127. The highest BCUT2D eigenvalue weighted by Gasteiger charge is 2.37. The Kier molecular flexibility index (Phi) is 3.26. The Morgan fingerprint density at radius 2 is 2.25 bits per heavy atom. The van der Waals surface area contributed by atoms with Crippen LogP contribution in [0.1, 0.15) is 21.9 Å². The van der Waals surface area contributed by atoms with Crippen LogP contribution in [0.25, 0.3) is 0 Å². The van der Waals surface area contributed by atoms with E-state index in [9.17, 15) is 0 Å². The van der Waals surface area contributed by atoms with Gasteiger partial charge < -0.3 is 21.3 Å². The number of hydrogen-bond donors (Lipinski definition) is 3. The summed E-state index contributed by atoms with van der Waals surface area (Å²) in [6.45, 7) is 3.80. The first kappa shape index (κ1) is 13.8. The van der Waals surface area contributed by atoms with Gasteiger partial charge in [-0.1, -0.05) is 5.16 Å². The third-order valence-electron chi connectivity index (χ3n) is 3.32. The maximum Gasteiger partial charge on any atom is 0.195 e. The van der Waals surface area contributed by atoms with E-state index >= 15 is 0 Å². The molecule has 0 saturated heterocycles. The molecule has 0 radical (unpaired) electrons. The lowest BCUT2D eigenvalue weighted by Crippen LogP contribution is -2.57. The van der Waals surface area contributed by atoms with Gasteiger partial charge in [0.2, 0.25) is 0 Å². The number of nitrogens with zero attached hydrogens (tertiary/aromatic N) is 2. The van der Waals surface area contributed by atoms with Gasteiger partial charge in [0.15, 0.2) is 5.96 Å². The topological polar surface area (TPSA) is 102 Å². The standard InChI is InChI=1S/C12H14IN5OS/c1-5-7(6(2)19-18-5)4-12(15)10-8(3-9(13)20-10)16-11(14)17-12/h3H,4,15H2,1-2H3,(H3,14,16,17). The Labute approximate surface area is 133 Å². The summed E-state index contributed by atoms with van der Waals surface area (Å²) < 4.78 is 6.34. The molecule has 0 bridgehead atoms. The summed E-state index contributed by atoms with van der Waals surface area (Å²) in [4.78, 5) is 5.29. The molecule has 20 heavy (non-hydrogen) atoms. The van der Waals surface area contributed by atoms with E-state index in [1.807, 2.05) is 19.9 Å². The zero-order chi connectivity index (χ0) is 14.5. The number of nitrogens with one attached hydrogen (secondary N) is 1. The maximum atomic E-state index is 6.57. The minimum atomic E-state index is -0.781. The Hall–Kier alpha value is -1.13. The first-order valence-corrected chi connectivity index (χ1v) is 7.91. The largest absolute Gasteiger partial charge is 0.370 e. The van der Waals surface area contributed by atoms with Gasteiger partial charge in [-0.05, 0) is 42.5 Å². The minimum Gasteiger partial charge on any atom is -0.370 e. The lowest BCUT2D eigenvalue weighted by atomic mass is 9.96. The minimum absolute atomic E-state index is 0.334. The highest BCUT2D eigenvalue weighted by molar-refractivity contribution is 14.1. The number of halogens is 1. The molecule has 0 spiro atoms. The summed E-state index contributed by atoms with van der Waals surface area (Å²) in [6.07, 6.45) is 0.550. The molecule has 2 aromatic rings. The van der Waals surface area contributed by atoms with E-state index in [0.29, 0.717) is 12.4 Å². The summed E-state index contributed by atoms with van der Waals surface area (Å²) in [5, 5.41) is 7.07. The molecular weight excluding hydrogens is 389 g/mol. The molecule has 8 heteroatoms. The third-order valence-corrected chi connectivity index (χ3v) is 5.38. The molecule has 0 amide bonds. The smallest absolute Gasteiger partial charge is 0.195 e. The number of hydrogen-bond acceptors (Lipinski definition) is 7. The predicted octanol–water partition coefficient (Wildman–Crippen LogP) is 1.86. The fourth-order valence-corrected chi connectivity index (χ4v) is 4.19. The maximum absolute atomic E-state index is 6.57. The van der Waals surface area contributed by atoms with Crippen LogP contribution in [0.4, 0.5) is 5.69 Å². The van der Waals surface area contributed by atoms with E-state index in [1.54, 1.807) is 11.3 Å². The number of thiophene rings is 1. The van der Waals surface area contributed by atoms with E-state index in [0.717, 1.165) is 30.5 Å². The van der Waals surface area contributed by atoms with Gasteiger partial charge in [0.1, 0.15) is 11.4 Å². The van der Waals surface area contributed by atoms with Crippen molar-refractivity contribution in [3.05, 3.63) is 30.8 Å². The van der Waals surface area contributed by atoms with Crippen molar-refractivity contribution in [2.24, 2.45) is 16.5 Å². The third kappa shape index (κ3) is 2.21. The van der Waals surface area contributed by atoms with Gasteiger partial charge in [-0.2, -0.15) is 0 Å². The number of fused-ring (bicyclic) bond motifs is 1. The van der Waals surface area contributed by atoms with E-state index in [1.165, 1.54) is 0 Å². The molecule has 1 aliphatic heterocycles. The van der Waals surface area contributed by atoms with Crippen LogP contribution in [-0.2, 0) is 12.1 Å². The van der Waals surface area contributed by atoms with E-state index in [-0.39, 0.29) is 0 Å². The van der Waals surface area contributed by atoms with Crippen molar-refractivity contribution in [1.29, 1.82) is 0 Å². The first-order valence-electron chi connectivity index (χ1n) is 6.02. The van der Waals surface area contributed by atoms with Crippen LogP contribution in [0.3, 0.4) is 0 Å². The molecule has 1 unspecified atom stereocenters. The molecular formula is C12H14IN5OS. The second kappa shape index (κ2) is 4.71. The van der Waals surface area contributed by atoms with E-state index in [2.05, 4.69) is 38.1 Å². The highest BCUT2D eigenvalue weighted by Crippen LogP contribution is 2.40. The monoisotopic (exact) mass is 403 g/mol. The van der Waals surface area contributed by atoms with Gasteiger partial charge in [0.25, 0.3) is 0 Å². The number of aliphatic imine (C=N–C) groups is 1. The van der Waals surface area contributed by atoms with E-state index < -0.39 is 5.66 Å². The second-order valence-corrected chi connectivity index (χ2v) is 7.78. The van der Waals surface area contributed by atoms with Gasteiger partial charge >= 0.3 is 0 Å². The Morgan fingerprint density at radius 1 is 1.50 bits per heavy atom. The van der Waals surface area contributed by atoms with Gasteiger partial charge in [0.05, 0.1) is 19.1 Å². The fourth-order valence-electron chi connectivity index (χ4n) is 2.36. The predicted molar refractivity (Wildman–Crippen MR) is 87.0 cm³/mol. The molecule has 1 aliphatic rings. The molecule has 0 aromatic carbocycles. The number of aromatic nitrogens is 1. The molecule has 0 fully saturated rings. The van der Waals surface area contributed by atoms with Crippen LogP contribution in [0, 0.1) is 16.7 Å². The lowest BCUT2D eigenvalue weighted by molar-refractivity contribution is 0.383. The lowest BCUT2D eigenvalue weighted by Gasteiger charge is -2.33. The van der Waals surface area contributed by atoms with Gasteiger partial charge in [0, 0.05) is 12.0 Å². The molecule has 106 valence electrons. The zero-order valence-corrected chi connectivity index (χ0v) is 14.0. The van der Waals surface area contributed by atoms with Gasteiger partial charge in [-0.3, -0.25) is 0 Å². The molecule has 0 saturated carbocycles. The summed E-state index contributed by atoms with van der Waals surface area (Å²) in [7, 11) is 0. The molecule has 5 N–H and O–H groups in total. The first-order chi connectivity index (χ1) is 9.39. The SMILES string of the molecule is Cc1noc(C)c1CC1(N)NC(N)=Nc2cc(I)sc21. The fraction of sp³-hybridized carbons (Fsp3) is 0.333. The normalized spacial score (nSPS) is 21.3. The van der Waals surface area contributed by atoms with Crippen molar-refractivity contribution in [2.75, 3.05) is 0 Å². The average Bonchev–Trinajstić information content (AvgIpc) is 2.86. The summed E-state index contributed by atoms with van der Waals surface area (Å²) in [5.41, 5.74) is 14.3. The van der Waals surface area contributed by atoms with Crippen molar-refractivity contribution in [1.82, 2.24) is 10.5 Å². The van der Waals surface area contributed by atoms with Gasteiger partial charge in [-0.25, -0.2) is 4.99 Å². The number of nitrogens with two attached hydrogens (primary N) is 2. The van der Waals surface area contributed by atoms with E-state index in [4.69, 9.17) is 16.0 Å². The molecule has 3 rings (SSSR count). The van der Waals surface area contributed by atoms with Crippen LogP contribution >= 0.6 is 33.9 Å². The van der Waals surface area contributed by atoms with Crippen molar-refractivity contribution >= 4 is 45.6 Å². The number of guanidine groups is 1. The van der Waals surface area contributed by atoms with Crippen LogP contribution in [-0.4, -0.2) is 11.1 Å². The molecule has 2 aromatic heterocycles. The number of aryl methyl sites for hydroxylation is 2. The Bertz CT molecular complexity index is 687. The zero-order valence-electron chi connectivity index (χ0n) is 11.0. The summed E-state index contributed by atoms with van der Waals surface area (Å²) in [5.74, 6) is 1.11. The molecule has 3 heterocycles. The average molecular weight is 403 g/mol. The molecule has 0 aliphatic carbocycles. The quantitative estimate of drug-likeness (QED) is 0.665. The molecule has 1 atom stereocenters. The van der Waals surface area contributed by atoms with Crippen molar-refractivity contribution in [2.45, 2.75) is 25.9 Å². The summed E-state index contributed by atoms with van der Waals surface area (Å²) in [6, 6.07) is 1.99. The summed E-state index contributed by atoms with van der Waals surface area (Å²) >= 11 is 3.88. The van der Waals surface area contributed by atoms with Crippen LogP contribution in [0.2, 0.25) is 0 Å². The van der Waals surface area contributed by atoms with Crippen LogP contribution in [0.5, 0.6) is 0 Å². The van der Waals surface area contributed by atoms with Crippen LogP contribution in [0.15, 0.2) is 15.6 Å². The molecule has 6 nitrogen and oxygen atoms in total. The van der Waals surface area contributed by atoms with Crippen LogP contribution < -0.4 is 16.8 Å². The van der Waals surface area contributed by atoms with Crippen molar-refractivity contribution in [3.63, 3.8) is 0 Å².